The molecule has 3 N–H and O–H groups in total. The lowest BCUT2D eigenvalue weighted by molar-refractivity contribution is 0.275. The maximum absolute atomic E-state index is 8.88. The highest BCUT2D eigenvalue weighted by molar-refractivity contribution is 7.45. The summed E-state index contributed by atoms with van der Waals surface area (Å²) in [5.74, 6) is 0. The fraction of sp³-hybridized carbons (Fsp3) is 0. The molecule has 140 valence electrons. The predicted octanol–water partition coefficient (Wildman–Crippen LogP) is 6.09. The fourth-order valence-electron chi connectivity index (χ4n) is 1.24. The first-order valence-electron chi connectivity index (χ1n) is 7.08. The van der Waals surface area contributed by atoms with Gasteiger partial charge in [0.15, 0.2) is 0 Å². The zero-order chi connectivity index (χ0) is 19.8. The summed E-state index contributed by atoms with van der Waals surface area (Å²) < 4.78 is 8.88. The van der Waals surface area contributed by atoms with Crippen molar-refractivity contribution in [2.75, 3.05) is 0 Å². The number of rotatable bonds is 0. The highest BCUT2D eigenvalue weighted by Gasteiger charge is 2.00. The normalized spacial score (nSPS) is 9.31. The van der Waals surface area contributed by atoms with Crippen LogP contribution < -0.4 is 0 Å². The maximum Gasteiger partial charge on any atom is 0.466 e. The molecular weight excluding hydrogens is 418 g/mol. The largest absolute Gasteiger partial charge is 0.466 e. The van der Waals surface area contributed by atoms with E-state index in [0.29, 0.717) is 0 Å². The fourth-order valence-corrected chi connectivity index (χ4v) is 1.68. The molecule has 0 unspecified atom stereocenters. The van der Waals surface area contributed by atoms with E-state index in [1.54, 1.807) is 0 Å². The van der Waals surface area contributed by atoms with Crippen molar-refractivity contribution >= 4 is 42.6 Å². The molecule has 0 aliphatic heterocycles. The molecule has 26 heavy (non-hydrogen) atoms. The van der Waals surface area contributed by atoms with E-state index in [9.17, 15) is 0 Å². The highest BCUT2D eigenvalue weighted by atomic mass is 35.5. The summed E-state index contributed by atoms with van der Waals surface area (Å²) in [6, 6.07) is 28.3. The summed E-state index contributed by atoms with van der Waals surface area (Å²) in [5, 5.41) is 2.38. The Balaban J connectivity index is 0.000000324. The van der Waals surface area contributed by atoms with Crippen molar-refractivity contribution in [1.82, 2.24) is 0 Å². The molecule has 0 aliphatic carbocycles. The molecule has 3 rings (SSSR count). The van der Waals surface area contributed by atoms with E-state index in [4.69, 9.17) is 54.0 Å². The Morgan fingerprint density at radius 3 is 0.731 bits per heavy atom. The first-order valence-corrected chi connectivity index (χ1v) is 9.78. The van der Waals surface area contributed by atoms with Crippen LogP contribution >= 0.6 is 42.6 Å². The van der Waals surface area contributed by atoms with Gasteiger partial charge in [-0.2, -0.15) is 0 Å². The van der Waals surface area contributed by atoms with Gasteiger partial charge in [0.05, 0.1) is 0 Å². The molecule has 4 nitrogen and oxygen atoms in total. The molecule has 0 bridgehead atoms. The van der Waals surface area contributed by atoms with Crippen LogP contribution in [0.2, 0.25) is 15.1 Å². The van der Waals surface area contributed by atoms with Crippen molar-refractivity contribution in [3.63, 3.8) is 0 Å². The summed E-state index contributed by atoms with van der Waals surface area (Å²) in [5.41, 5.74) is 0. The monoisotopic (exact) mass is 434 g/mol. The van der Waals surface area contributed by atoms with Gasteiger partial charge in [-0.3, -0.25) is 0 Å². The van der Waals surface area contributed by atoms with E-state index in [-0.39, 0.29) is 0 Å². The average Bonchev–Trinajstić information content (AvgIpc) is 2.57. The molecule has 0 aromatic heterocycles. The molecule has 8 heteroatoms. The van der Waals surface area contributed by atoms with E-state index in [1.807, 2.05) is 91.0 Å². The third-order valence-corrected chi connectivity index (χ3v) is 2.96. The second-order valence-electron chi connectivity index (χ2n) is 4.40. The van der Waals surface area contributed by atoms with Gasteiger partial charge in [-0.1, -0.05) is 89.4 Å². The first kappa shape index (κ1) is 24.6. The lowest BCUT2D eigenvalue weighted by Crippen LogP contribution is -1.66. The quantitative estimate of drug-likeness (QED) is 0.373. The molecule has 3 aromatic rings. The number of hydrogen-bond donors (Lipinski definition) is 3. The summed E-state index contributed by atoms with van der Waals surface area (Å²) in [6.07, 6.45) is 0. The van der Waals surface area contributed by atoms with Gasteiger partial charge in [-0.15, -0.1) is 0 Å². The predicted molar refractivity (Wildman–Crippen MR) is 109 cm³/mol. The van der Waals surface area contributed by atoms with Crippen molar-refractivity contribution in [3.8, 4) is 0 Å². The Bertz CT molecular complexity index is 641. The highest BCUT2D eigenvalue weighted by Crippen LogP contribution is 2.25. The summed E-state index contributed by atoms with van der Waals surface area (Å²) in [6.45, 7) is 0. The topological polar surface area (TPSA) is 77.8 Å². The zero-order valence-corrected chi connectivity index (χ0v) is 16.7. The van der Waals surface area contributed by atoms with E-state index in [1.165, 1.54) is 0 Å². The summed E-state index contributed by atoms with van der Waals surface area (Å²) >= 11 is 16.6. The molecule has 0 aliphatic rings. The Kier molecular flexibility index (Phi) is 14.0. The molecule has 3 aromatic carbocycles. The van der Waals surface area contributed by atoms with Crippen LogP contribution in [0.4, 0.5) is 0 Å². The van der Waals surface area contributed by atoms with Crippen LogP contribution in [0, 0.1) is 0 Å². The molecule has 0 radical (unpaired) electrons. The van der Waals surface area contributed by atoms with Crippen LogP contribution in [0.15, 0.2) is 91.0 Å². The van der Waals surface area contributed by atoms with Crippen LogP contribution in [0.5, 0.6) is 0 Å². The SMILES string of the molecule is Clc1ccccc1.Clc1ccccc1.Clc1ccccc1.O=P(O)(O)O. The van der Waals surface area contributed by atoms with Gasteiger partial charge < -0.3 is 14.7 Å². The summed E-state index contributed by atoms with van der Waals surface area (Å²) in [4.78, 5) is 21.6. The van der Waals surface area contributed by atoms with Gasteiger partial charge in [0.2, 0.25) is 0 Å². The first-order chi connectivity index (χ1) is 12.2. The maximum atomic E-state index is 8.88. The third-order valence-electron chi connectivity index (χ3n) is 2.20. The number of hydrogen-bond acceptors (Lipinski definition) is 1. The minimum atomic E-state index is -4.64. The van der Waals surface area contributed by atoms with Gasteiger partial charge in [-0.25, -0.2) is 4.57 Å². The molecule has 0 saturated heterocycles. The van der Waals surface area contributed by atoms with Crippen LogP contribution in [0.1, 0.15) is 0 Å². The molecule has 0 saturated carbocycles. The van der Waals surface area contributed by atoms with Crippen LogP contribution in [-0.4, -0.2) is 14.7 Å². The Morgan fingerprint density at radius 2 is 0.654 bits per heavy atom. The van der Waals surface area contributed by atoms with Gasteiger partial charge in [0.1, 0.15) is 0 Å². The standard InChI is InChI=1S/3C6H5Cl.H3O4P/c3*7-6-4-2-1-3-5-6;1-5(2,3)4/h3*1-5H;(H3,1,2,3,4). The van der Waals surface area contributed by atoms with Crippen molar-refractivity contribution < 1.29 is 19.2 Å². The number of halogens is 3. The van der Waals surface area contributed by atoms with Crippen molar-refractivity contribution in [1.29, 1.82) is 0 Å². The smallest absolute Gasteiger partial charge is 0.303 e. The summed E-state index contributed by atoms with van der Waals surface area (Å²) in [7, 11) is -4.64. The van der Waals surface area contributed by atoms with E-state index in [2.05, 4.69) is 0 Å². The van der Waals surface area contributed by atoms with Crippen molar-refractivity contribution in [2.24, 2.45) is 0 Å². The van der Waals surface area contributed by atoms with Crippen molar-refractivity contribution in [3.05, 3.63) is 106 Å². The van der Waals surface area contributed by atoms with Crippen LogP contribution in [0.3, 0.4) is 0 Å². The van der Waals surface area contributed by atoms with Crippen LogP contribution in [0.25, 0.3) is 0 Å². The molecule has 0 atom stereocenters. The number of phosphoric acid groups is 1. The molecule has 0 fully saturated rings. The average molecular weight is 436 g/mol. The minimum absolute atomic E-state index is 0.794. The molecule has 0 amide bonds. The van der Waals surface area contributed by atoms with Gasteiger partial charge >= 0.3 is 7.82 Å². The molecule has 0 spiro atoms. The van der Waals surface area contributed by atoms with Gasteiger partial charge in [-0.05, 0) is 36.4 Å². The lowest BCUT2D eigenvalue weighted by Gasteiger charge is -1.82. The van der Waals surface area contributed by atoms with Gasteiger partial charge in [0, 0.05) is 15.1 Å². The minimum Gasteiger partial charge on any atom is -0.303 e. The Morgan fingerprint density at radius 1 is 0.500 bits per heavy atom. The number of benzene rings is 3. The molecular formula is C18H18Cl3O4P. The Labute approximate surface area is 167 Å². The molecule has 0 heterocycles. The van der Waals surface area contributed by atoms with E-state index < -0.39 is 7.82 Å². The second kappa shape index (κ2) is 14.8. The lowest BCUT2D eigenvalue weighted by atomic mass is 10.4. The van der Waals surface area contributed by atoms with Gasteiger partial charge in [0.25, 0.3) is 0 Å². The second-order valence-corrected chi connectivity index (χ2v) is 6.74. The van der Waals surface area contributed by atoms with Crippen LogP contribution in [-0.2, 0) is 4.57 Å². The van der Waals surface area contributed by atoms with E-state index >= 15 is 0 Å². The van der Waals surface area contributed by atoms with Crippen molar-refractivity contribution in [2.45, 2.75) is 0 Å². The zero-order valence-electron chi connectivity index (χ0n) is 13.5. The van der Waals surface area contributed by atoms with E-state index in [0.717, 1.165) is 15.1 Å². The Hall–Kier alpha value is -1.36. The third kappa shape index (κ3) is 20.7.